The molecular weight excluding hydrogens is 558 g/mol. The van der Waals surface area contributed by atoms with Crippen molar-refractivity contribution in [2.24, 2.45) is 0 Å². The molecule has 196 valence electrons. The van der Waals surface area contributed by atoms with E-state index in [1.807, 2.05) is 0 Å². The number of hydrogen-bond acceptors (Lipinski definition) is 6. The Hall–Kier alpha value is -2.39. The first-order valence-electron chi connectivity index (χ1n) is 12.8. The summed E-state index contributed by atoms with van der Waals surface area (Å²) >= 11 is 9.85. The number of benzene rings is 2. The Balaban J connectivity index is 1.10. The topological polar surface area (TPSA) is 83.8 Å². The van der Waals surface area contributed by atoms with E-state index in [1.54, 1.807) is 18.2 Å². The molecule has 3 heterocycles. The molecule has 0 saturated carbocycles. The van der Waals surface area contributed by atoms with Crippen LogP contribution in [0.5, 0.6) is 5.75 Å². The minimum Gasteiger partial charge on any atom is -0.489 e. The van der Waals surface area contributed by atoms with Gasteiger partial charge in [-0.3, -0.25) is 14.5 Å². The minimum absolute atomic E-state index is 0.0104. The summed E-state index contributed by atoms with van der Waals surface area (Å²) in [6, 6.07) is 12.9. The lowest BCUT2D eigenvalue weighted by molar-refractivity contribution is -0.121. The molecule has 2 fully saturated rings. The van der Waals surface area contributed by atoms with Crippen LogP contribution in [0.1, 0.15) is 37.0 Å². The van der Waals surface area contributed by atoms with E-state index in [1.165, 1.54) is 11.6 Å². The van der Waals surface area contributed by atoms with E-state index in [0.29, 0.717) is 21.8 Å². The number of nitrogens with zero attached hydrogens (tertiary/aromatic N) is 1. The van der Waals surface area contributed by atoms with Crippen LogP contribution in [-0.4, -0.2) is 49.1 Å². The Morgan fingerprint density at radius 3 is 2.68 bits per heavy atom. The highest BCUT2D eigenvalue weighted by molar-refractivity contribution is 9.10. The number of hydrogen-bond donors (Lipinski definition) is 2. The Kier molecular flexibility index (Phi) is 8.49. The van der Waals surface area contributed by atoms with E-state index in [2.05, 4.69) is 49.7 Å². The van der Waals surface area contributed by atoms with Gasteiger partial charge >= 0.3 is 0 Å². The van der Waals surface area contributed by atoms with Crippen molar-refractivity contribution in [1.29, 1.82) is 0 Å². The highest BCUT2D eigenvalue weighted by Gasteiger charge is 2.22. The average molecular weight is 589 g/mol. The molecule has 3 aromatic rings. The molecule has 0 bridgehead atoms. The summed E-state index contributed by atoms with van der Waals surface area (Å²) in [5.74, 6) is 1.07. The number of ether oxygens (including phenoxy) is 1. The zero-order valence-electron chi connectivity index (χ0n) is 20.6. The number of carbonyl (C=O) groups excluding carboxylic acids is 1. The van der Waals surface area contributed by atoms with Crippen molar-refractivity contribution in [2.45, 2.75) is 50.8 Å². The molecule has 2 aliphatic heterocycles. The van der Waals surface area contributed by atoms with Gasteiger partial charge in [0.05, 0.1) is 21.3 Å². The Morgan fingerprint density at radius 2 is 1.92 bits per heavy atom. The Bertz CT molecular complexity index is 1320. The maximum absolute atomic E-state index is 12.7. The summed E-state index contributed by atoms with van der Waals surface area (Å²) in [5.41, 5.74) is 1.36. The zero-order chi connectivity index (χ0) is 25.8. The summed E-state index contributed by atoms with van der Waals surface area (Å²) in [5, 5.41) is 7.24. The van der Waals surface area contributed by atoms with Crippen LogP contribution < -0.4 is 20.8 Å². The number of carbonyl (C=O) groups is 1. The van der Waals surface area contributed by atoms with E-state index < -0.39 is 0 Å². The van der Waals surface area contributed by atoms with E-state index in [4.69, 9.17) is 20.8 Å². The van der Waals surface area contributed by atoms with Gasteiger partial charge in [0.1, 0.15) is 17.6 Å². The van der Waals surface area contributed by atoms with Crippen molar-refractivity contribution in [3.8, 4) is 5.75 Å². The highest BCUT2D eigenvalue weighted by atomic mass is 79.9. The third kappa shape index (κ3) is 6.74. The molecule has 5 rings (SSSR count). The number of piperidine rings is 2. The number of rotatable bonds is 7. The second kappa shape index (κ2) is 12.0. The van der Waals surface area contributed by atoms with Gasteiger partial charge in [-0.05, 0) is 84.5 Å². The third-order valence-electron chi connectivity index (χ3n) is 7.03. The first-order valence-corrected chi connectivity index (χ1v) is 14.0. The normalized spacial score (nSPS) is 17.7. The minimum atomic E-state index is -0.197. The van der Waals surface area contributed by atoms with Crippen LogP contribution >= 0.6 is 27.5 Å². The fourth-order valence-corrected chi connectivity index (χ4v) is 5.77. The quantitative estimate of drug-likeness (QED) is 0.418. The van der Waals surface area contributed by atoms with E-state index >= 15 is 0 Å². The molecule has 0 atom stereocenters. The molecule has 2 aliphatic rings. The van der Waals surface area contributed by atoms with Crippen molar-refractivity contribution in [3.63, 3.8) is 0 Å². The van der Waals surface area contributed by atoms with Gasteiger partial charge in [0.25, 0.3) is 0 Å². The first-order chi connectivity index (χ1) is 17.9. The summed E-state index contributed by atoms with van der Waals surface area (Å²) in [6.07, 6.45) is 4.09. The second-order valence-electron chi connectivity index (χ2n) is 9.82. The average Bonchev–Trinajstić information content (AvgIpc) is 2.88. The van der Waals surface area contributed by atoms with Crippen LogP contribution in [0.3, 0.4) is 0 Å². The van der Waals surface area contributed by atoms with Crippen molar-refractivity contribution in [3.05, 3.63) is 73.5 Å². The SMILES string of the molecule is O=C(Cc1cc(=O)c2cccc(Cl)c2o1)NC1CCN(Cc2ccc(OC3CCNCC3)c(Br)c2)CC1. The third-order valence-corrected chi connectivity index (χ3v) is 7.94. The lowest BCUT2D eigenvalue weighted by Gasteiger charge is -2.32. The lowest BCUT2D eigenvalue weighted by Crippen LogP contribution is -2.44. The van der Waals surface area contributed by atoms with Gasteiger partial charge in [-0.15, -0.1) is 0 Å². The van der Waals surface area contributed by atoms with Crippen molar-refractivity contribution < 1.29 is 13.9 Å². The zero-order valence-corrected chi connectivity index (χ0v) is 22.9. The molecule has 1 amide bonds. The summed E-state index contributed by atoms with van der Waals surface area (Å²) in [7, 11) is 0. The van der Waals surface area contributed by atoms with E-state index in [0.717, 1.165) is 68.6 Å². The van der Waals surface area contributed by atoms with Gasteiger partial charge in [0.2, 0.25) is 5.91 Å². The molecule has 1 aromatic heterocycles. The fourth-order valence-electron chi connectivity index (χ4n) is 5.04. The van der Waals surface area contributed by atoms with Gasteiger partial charge in [-0.25, -0.2) is 0 Å². The summed E-state index contributed by atoms with van der Waals surface area (Å²) < 4.78 is 12.9. The van der Waals surface area contributed by atoms with Crippen LogP contribution in [0.25, 0.3) is 11.0 Å². The maximum atomic E-state index is 12.7. The van der Waals surface area contributed by atoms with Crippen LogP contribution in [0.4, 0.5) is 0 Å². The van der Waals surface area contributed by atoms with E-state index in [-0.39, 0.29) is 29.9 Å². The molecule has 2 saturated heterocycles. The molecule has 0 unspecified atom stereocenters. The molecule has 37 heavy (non-hydrogen) atoms. The predicted molar refractivity (Wildman–Crippen MR) is 148 cm³/mol. The highest BCUT2D eigenvalue weighted by Crippen LogP contribution is 2.29. The van der Waals surface area contributed by atoms with Crippen molar-refractivity contribution in [2.75, 3.05) is 26.2 Å². The van der Waals surface area contributed by atoms with E-state index in [9.17, 15) is 9.59 Å². The molecule has 2 N–H and O–H groups in total. The molecular formula is C28H31BrClN3O4. The van der Waals surface area contributed by atoms with Crippen molar-refractivity contribution in [1.82, 2.24) is 15.5 Å². The Morgan fingerprint density at radius 1 is 1.14 bits per heavy atom. The van der Waals surface area contributed by atoms with Gasteiger partial charge in [0, 0.05) is 31.7 Å². The Labute approximate surface area is 229 Å². The monoisotopic (exact) mass is 587 g/mol. The summed E-state index contributed by atoms with van der Waals surface area (Å²) in [6.45, 7) is 4.67. The maximum Gasteiger partial charge on any atom is 0.227 e. The smallest absolute Gasteiger partial charge is 0.227 e. The molecule has 7 nitrogen and oxygen atoms in total. The van der Waals surface area contributed by atoms with Crippen molar-refractivity contribution >= 4 is 44.4 Å². The van der Waals surface area contributed by atoms with Gasteiger partial charge < -0.3 is 19.8 Å². The number of amides is 1. The molecule has 9 heteroatoms. The predicted octanol–water partition coefficient (Wildman–Crippen LogP) is 4.66. The molecule has 0 radical (unpaired) electrons. The van der Waals surface area contributed by atoms with Gasteiger partial charge in [-0.1, -0.05) is 23.7 Å². The molecule has 0 spiro atoms. The fraction of sp³-hybridized carbons (Fsp3) is 0.429. The van der Waals surface area contributed by atoms with Crippen LogP contribution in [0.15, 0.2) is 56.1 Å². The van der Waals surface area contributed by atoms with Gasteiger partial charge in [-0.2, -0.15) is 0 Å². The molecule has 0 aliphatic carbocycles. The summed E-state index contributed by atoms with van der Waals surface area (Å²) in [4.78, 5) is 27.4. The standard InChI is InChI=1S/C28H31BrClN3O4/c29-23-14-18(4-5-26(23)36-20-6-10-31-11-7-20)17-33-12-8-19(9-13-33)32-27(35)16-21-15-25(34)22-2-1-3-24(30)28(22)37-21/h1-5,14-15,19-20,31H,6-13,16-17H2,(H,32,35). The second-order valence-corrected chi connectivity index (χ2v) is 11.1. The number of likely N-dealkylation sites (tertiary alicyclic amines) is 1. The van der Waals surface area contributed by atoms with Crippen LogP contribution in [0, 0.1) is 0 Å². The largest absolute Gasteiger partial charge is 0.489 e. The number of halogens is 2. The lowest BCUT2D eigenvalue weighted by atomic mass is 10.0. The first kappa shape index (κ1) is 26.2. The number of para-hydroxylation sites is 1. The number of fused-ring (bicyclic) bond motifs is 1. The van der Waals surface area contributed by atoms with Gasteiger partial charge in [0.15, 0.2) is 11.0 Å². The number of nitrogens with one attached hydrogen (secondary N) is 2. The van der Waals surface area contributed by atoms with Crippen LogP contribution in [-0.2, 0) is 17.8 Å². The molecule has 2 aromatic carbocycles. The van der Waals surface area contributed by atoms with Crippen LogP contribution in [0.2, 0.25) is 5.02 Å².